The zero-order valence-corrected chi connectivity index (χ0v) is 81.3. The zero-order chi connectivity index (χ0) is 103. The molecule has 3 aromatic carbocycles. The molecule has 0 bridgehead atoms. The van der Waals surface area contributed by atoms with E-state index in [9.17, 15) is 91.4 Å². The van der Waals surface area contributed by atoms with Gasteiger partial charge in [-0.1, -0.05) is 110 Å². The Hall–Kier alpha value is -13.9. The van der Waals surface area contributed by atoms with E-state index in [1.165, 1.54) is 18.7 Å². The second kappa shape index (κ2) is 54.9. The van der Waals surface area contributed by atoms with Crippen LogP contribution in [0.5, 0.6) is 0 Å². The fourth-order valence-corrected chi connectivity index (χ4v) is 16.0. The largest absolute Gasteiger partial charge is 0.480 e. The van der Waals surface area contributed by atoms with E-state index < -0.39 is 241 Å². The quantitative estimate of drug-likeness (QED) is 0.00786. The molecule has 6 aromatic rings. The van der Waals surface area contributed by atoms with Crippen LogP contribution in [0, 0.1) is 29.1 Å². The number of nitrogens with two attached hydrogens (primary N) is 3. The van der Waals surface area contributed by atoms with Gasteiger partial charge < -0.3 is 133 Å². The molecule has 18 amide bonds. The first-order valence-corrected chi connectivity index (χ1v) is 47.3. The van der Waals surface area contributed by atoms with Crippen LogP contribution in [0.1, 0.15) is 144 Å². The number of hydrogen-bond donors (Lipinski definition) is 27. The minimum atomic E-state index is -1.51. The molecule has 139 heavy (non-hydrogen) atoms. The summed E-state index contributed by atoms with van der Waals surface area (Å²) in [7, 11) is 0. The normalized spacial score (nSPS) is 15.2. The number of benzene rings is 3. The van der Waals surface area contributed by atoms with Gasteiger partial charge >= 0.3 is 5.97 Å². The average molecular weight is 1970 g/mol. The minimum Gasteiger partial charge on any atom is -0.480 e. The Kier molecular flexibility index (Phi) is 44.3. The third kappa shape index (κ3) is 35.6. The molecule has 7 rings (SSSR count). The van der Waals surface area contributed by atoms with Gasteiger partial charge in [-0.2, -0.15) is 25.3 Å². The summed E-state index contributed by atoms with van der Waals surface area (Å²) < 4.78 is 0. The first-order chi connectivity index (χ1) is 65.8. The molecule has 0 unspecified atom stereocenters. The standard InChI is InChI=1S/C92H133N25O20S2/c1-46(2)31-58(93)79(124)114-70(45-139)87(132)111-63(27-28-72(94)118)82(127)110-62(25-17-29-97-92(95)96)81(126)112-64(32-47(3)4)80(125)102-43-76(122)116-77(49(7)8)89(134)104-42-75(121)109-68(36-54-39-100-61-24-16-13-21-57(54)61)90(135)117-30-18-26-71(117)88(133)103-41-74(120)107-66(34-52-37-98-59-22-14-11-19-55(52)59)84(129)113-65(33-48(5)6)83(128)105-50(9)78(123)101-40-73(119)108-67(35-53-38-99-60-23-15-12-20-56(53)60)85(130)115-69(44-138)86(131)106-51(10)91(136)137/h11-16,19-24,37-39,46-51,58,62-71,77,98-100,138-139H,17-18,25-36,40-45,93H2,1-10H3,(H2,94,118)(H,101,123)(H,102,125)(H,103,133)(H,104,134)(H,105,128)(H,106,131)(H,107,120)(H,108,119)(H,109,121)(H,110,127)(H,111,132)(H,112,126)(H,113,129)(H,114,124)(H,115,130)(H,116,122)(H,136,137)(H4,95,96,97)/t50-,51-,58-,62-,63-,64-,65-,66-,67-,68-,69-,70-,71-,77-/m0/s1. The lowest BCUT2D eigenvalue weighted by Gasteiger charge is -2.29. The number of carboxylic acid groups (broad SMARTS) is 1. The Morgan fingerprint density at radius 2 is 0.791 bits per heavy atom. The van der Waals surface area contributed by atoms with Gasteiger partial charge in [-0.05, 0) is 124 Å². The van der Waals surface area contributed by atoms with Gasteiger partial charge in [0, 0.05) is 102 Å². The Morgan fingerprint density at radius 3 is 1.24 bits per heavy atom. The van der Waals surface area contributed by atoms with Crippen molar-refractivity contribution in [3.8, 4) is 0 Å². The van der Waals surface area contributed by atoms with Gasteiger partial charge in [-0.15, -0.1) is 0 Å². The highest BCUT2D eigenvalue weighted by Crippen LogP contribution is 2.26. The van der Waals surface area contributed by atoms with Crippen molar-refractivity contribution < 1.29 is 96.2 Å². The summed E-state index contributed by atoms with van der Waals surface area (Å²) in [5.74, 6) is -18.5. The summed E-state index contributed by atoms with van der Waals surface area (Å²) in [5, 5.41) is 62.6. The van der Waals surface area contributed by atoms with Crippen molar-refractivity contribution in [3.63, 3.8) is 0 Å². The van der Waals surface area contributed by atoms with Crippen molar-refractivity contribution >= 4 is 176 Å². The first kappa shape index (κ1) is 112. The van der Waals surface area contributed by atoms with E-state index in [-0.39, 0.29) is 100 Å². The molecule has 0 saturated carbocycles. The molecule has 758 valence electrons. The van der Waals surface area contributed by atoms with E-state index in [2.05, 4.69) is 131 Å². The molecule has 1 saturated heterocycles. The molecule has 1 aliphatic rings. The number of likely N-dealkylation sites (tertiary alicyclic amines) is 1. The lowest BCUT2D eigenvalue weighted by atomic mass is 10.0. The van der Waals surface area contributed by atoms with Crippen LogP contribution in [0.15, 0.2) is 91.4 Å². The topological polar surface area (TPSA) is 702 Å². The van der Waals surface area contributed by atoms with E-state index in [4.69, 9.17) is 22.6 Å². The van der Waals surface area contributed by atoms with E-state index >= 15 is 4.79 Å². The van der Waals surface area contributed by atoms with Crippen LogP contribution in [0.3, 0.4) is 0 Å². The van der Waals surface area contributed by atoms with E-state index in [0.29, 0.717) is 51.3 Å². The number of carbonyl (C=O) groups excluding carboxylic acids is 18. The third-order valence-electron chi connectivity index (χ3n) is 22.8. The predicted molar refractivity (Wildman–Crippen MR) is 521 cm³/mol. The second-order valence-corrected chi connectivity index (χ2v) is 36.6. The van der Waals surface area contributed by atoms with E-state index in [1.54, 1.807) is 133 Å². The van der Waals surface area contributed by atoms with Crippen LogP contribution >= 0.6 is 25.3 Å². The number of primary amides is 1. The van der Waals surface area contributed by atoms with Gasteiger partial charge in [0.15, 0.2) is 5.96 Å². The van der Waals surface area contributed by atoms with Crippen LogP contribution < -0.4 is 108 Å². The molecule has 0 radical (unpaired) electrons. The maximum Gasteiger partial charge on any atom is 0.325 e. The SMILES string of the molecule is CC(C)C[C@H](NC(=O)[C@H](CCCNC(=N)N)NC(=O)[C@H](CCC(N)=O)NC(=O)[C@H](CS)NC(=O)[C@@H](N)CC(C)C)C(=O)NCC(=O)N[C@H](C(=O)NCC(=O)N[C@@H](Cc1c[nH]c2ccccc12)C(=O)N1CCC[C@H]1C(=O)NCC(=O)N[C@@H](Cc1c[nH]c2ccccc12)C(=O)N[C@@H](CC(C)C)C(=O)N[C@@H](C)C(=O)NCC(=O)N[C@@H](Cc1c[nH]c2ccccc12)C(=O)N[C@@H](CS)C(=O)N[C@@H](C)C(=O)O)C(C)C. The number of guanidine groups is 1. The highest BCUT2D eigenvalue weighted by Gasteiger charge is 2.41. The number of carboxylic acids is 1. The minimum absolute atomic E-state index is 0.00999. The maximum absolute atomic E-state index is 15.1. The highest BCUT2D eigenvalue weighted by atomic mass is 32.1. The van der Waals surface area contributed by atoms with Crippen molar-refractivity contribution in [1.29, 1.82) is 5.41 Å². The van der Waals surface area contributed by atoms with Crippen molar-refractivity contribution in [2.75, 3.05) is 50.8 Å². The molecule has 14 atom stereocenters. The Balaban J connectivity index is 0.978. The number of aromatic nitrogens is 3. The molecular formula is C92H133N25O20S2. The van der Waals surface area contributed by atoms with E-state index in [0.717, 1.165) is 10.9 Å². The molecule has 47 heteroatoms. The van der Waals surface area contributed by atoms with E-state index in [1.807, 2.05) is 13.8 Å². The number of amides is 18. The van der Waals surface area contributed by atoms with Crippen LogP contribution in [-0.4, -0.2) is 279 Å². The van der Waals surface area contributed by atoms with Gasteiger partial charge in [-0.25, -0.2) is 0 Å². The van der Waals surface area contributed by atoms with Gasteiger partial charge in [0.05, 0.1) is 32.2 Å². The van der Waals surface area contributed by atoms with Gasteiger partial charge in [0.2, 0.25) is 106 Å². The number of aromatic amines is 3. The molecule has 45 nitrogen and oxygen atoms in total. The van der Waals surface area contributed by atoms with Gasteiger partial charge in [0.1, 0.15) is 78.5 Å². The molecule has 3 aromatic heterocycles. The number of nitrogens with zero attached hydrogens (tertiary/aromatic N) is 1. The number of fused-ring (bicyclic) bond motifs is 3. The number of para-hydroxylation sites is 3. The van der Waals surface area contributed by atoms with Crippen molar-refractivity contribution in [3.05, 3.63) is 108 Å². The number of carbonyl (C=O) groups is 19. The second-order valence-electron chi connectivity index (χ2n) is 35.9. The number of H-pyrrole nitrogens is 3. The molecule has 1 aliphatic heterocycles. The average Bonchev–Trinajstić information content (AvgIpc) is 1.68. The van der Waals surface area contributed by atoms with Crippen LogP contribution in [-0.2, 0) is 110 Å². The molecular weight excluding hydrogens is 1840 g/mol. The van der Waals surface area contributed by atoms with Crippen molar-refractivity contribution in [2.24, 2.45) is 40.9 Å². The summed E-state index contributed by atoms with van der Waals surface area (Å²) in [6.07, 6.45) is 4.43. The Morgan fingerprint density at radius 1 is 0.417 bits per heavy atom. The number of rotatable bonds is 56. The first-order valence-electron chi connectivity index (χ1n) is 46.1. The summed E-state index contributed by atoms with van der Waals surface area (Å²) in [6, 6.07) is 2.79. The maximum atomic E-state index is 15.1. The fourth-order valence-electron chi connectivity index (χ4n) is 15.5. The number of nitrogens with one attached hydrogen (secondary N) is 21. The van der Waals surface area contributed by atoms with Crippen LogP contribution in [0.4, 0.5) is 0 Å². The smallest absolute Gasteiger partial charge is 0.325 e. The Labute approximate surface area is 814 Å². The number of thiol groups is 2. The number of hydrogen-bond acceptors (Lipinski definition) is 23. The lowest BCUT2D eigenvalue weighted by molar-refractivity contribution is -0.141. The molecule has 0 aliphatic carbocycles. The van der Waals surface area contributed by atoms with Crippen molar-refractivity contribution in [2.45, 2.75) is 231 Å². The molecule has 4 heterocycles. The predicted octanol–water partition coefficient (Wildman–Crippen LogP) is -2.93. The zero-order valence-electron chi connectivity index (χ0n) is 79.5. The van der Waals surface area contributed by atoms with Gasteiger partial charge in [0.25, 0.3) is 0 Å². The van der Waals surface area contributed by atoms with Crippen molar-refractivity contribution in [1.82, 2.24) is 110 Å². The molecule has 28 N–H and O–H groups in total. The molecule has 0 spiro atoms. The lowest BCUT2D eigenvalue weighted by Crippen LogP contribution is -2.59. The summed E-state index contributed by atoms with van der Waals surface area (Å²) in [5.41, 5.74) is 20.8. The summed E-state index contributed by atoms with van der Waals surface area (Å²) in [6.45, 7) is 13.6. The van der Waals surface area contributed by atoms with Gasteiger partial charge in [-0.3, -0.25) is 96.5 Å². The summed E-state index contributed by atoms with van der Waals surface area (Å²) in [4.78, 5) is 273. The monoisotopic (exact) mass is 1970 g/mol. The molecule has 1 fully saturated rings. The van der Waals surface area contributed by atoms with Crippen LogP contribution in [0.25, 0.3) is 32.7 Å². The summed E-state index contributed by atoms with van der Waals surface area (Å²) >= 11 is 8.39. The Bertz CT molecular complexity index is 5370. The number of aliphatic carboxylic acids is 1. The fraction of sp³-hybridized carbons (Fsp3) is 0.522. The highest BCUT2D eigenvalue weighted by molar-refractivity contribution is 7.80. The van der Waals surface area contributed by atoms with Crippen LogP contribution in [0.2, 0.25) is 0 Å². The third-order valence-corrected chi connectivity index (χ3v) is 23.5.